The fourth-order valence-electron chi connectivity index (χ4n) is 0.936. The molecule has 0 saturated heterocycles. The van der Waals surface area contributed by atoms with Gasteiger partial charge in [0.15, 0.2) is 0 Å². The van der Waals surface area contributed by atoms with Crippen LogP contribution in [0.5, 0.6) is 0 Å². The molecule has 9 heteroatoms. The van der Waals surface area contributed by atoms with Crippen LogP contribution < -0.4 is 11.1 Å². The van der Waals surface area contributed by atoms with Crippen LogP contribution in [0.1, 0.15) is 6.42 Å². The summed E-state index contributed by atoms with van der Waals surface area (Å²) in [5.74, 6) is -2.47. The van der Waals surface area contributed by atoms with Gasteiger partial charge in [-0.3, -0.25) is 4.79 Å². The number of aliphatic hydroxyl groups excluding tert-OH is 1. The number of aliphatic carboxylic acids is 1. The first-order valence-corrected chi connectivity index (χ1v) is 6.80. The Hall–Kier alpha value is -1.19. The van der Waals surface area contributed by atoms with Gasteiger partial charge in [0.05, 0.1) is 18.4 Å². The Morgan fingerprint density at radius 1 is 1.41 bits per heavy atom. The molecule has 0 aromatic heterocycles. The third-order valence-corrected chi connectivity index (χ3v) is 2.91. The predicted octanol–water partition coefficient (Wildman–Crippen LogP) is -2.69. The van der Waals surface area contributed by atoms with Crippen LogP contribution in [0.25, 0.3) is 0 Å². The van der Waals surface area contributed by atoms with Gasteiger partial charge in [-0.1, -0.05) is 0 Å². The van der Waals surface area contributed by atoms with Crippen molar-refractivity contribution in [1.82, 2.24) is 5.32 Å². The predicted molar refractivity (Wildman–Crippen MR) is 59.0 cm³/mol. The number of nitrogens with one attached hydrogen (secondary N) is 1. The molecule has 0 aliphatic rings. The highest BCUT2D eigenvalue weighted by molar-refractivity contribution is 7.90. The Morgan fingerprint density at radius 2 is 1.94 bits per heavy atom. The van der Waals surface area contributed by atoms with E-state index in [0.717, 1.165) is 6.26 Å². The van der Waals surface area contributed by atoms with Gasteiger partial charge in [0.25, 0.3) is 0 Å². The zero-order chi connectivity index (χ0) is 13.6. The average molecular weight is 268 g/mol. The lowest BCUT2D eigenvalue weighted by atomic mass is 10.2. The molecule has 0 heterocycles. The molecule has 0 rings (SSSR count). The first kappa shape index (κ1) is 15.8. The van der Waals surface area contributed by atoms with Crippen molar-refractivity contribution in [3.8, 4) is 0 Å². The summed E-state index contributed by atoms with van der Waals surface area (Å²) < 4.78 is 21.6. The third kappa shape index (κ3) is 6.87. The van der Waals surface area contributed by atoms with Crippen molar-refractivity contribution in [2.75, 3.05) is 18.6 Å². The number of carbonyl (C=O) groups is 2. The van der Waals surface area contributed by atoms with E-state index in [1.54, 1.807) is 0 Å². The van der Waals surface area contributed by atoms with Crippen LogP contribution in [-0.4, -0.2) is 61.2 Å². The van der Waals surface area contributed by atoms with E-state index in [-0.39, 0.29) is 12.2 Å². The van der Waals surface area contributed by atoms with Gasteiger partial charge in [0.2, 0.25) is 5.91 Å². The number of carbonyl (C=O) groups excluding carboxylic acids is 1. The maximum Gasteiger partial charge on any atom is 0.328 e. The molecule has 2 atom stereocenters. The first-order chi connectivity index (χ1) is 7.67. The fraction of sp³-hybridized carbons (Fsp3) is 0.750. The van der Waals surface area contributed by atoms with Crippen LogP contribution in [0.3, 0.4) is 0 Å². The number of amides is 1. The van der Waals surface area contributed by atoms with Crippen LogP contribution in [0.15, 0.2) is 0 Å². The molecule has 0 saturated carbocycles. The van der Waals surface area contributed by atoms with E-state index >= 15 is 0 Å². The minimum Gasteiger partial charge on any atom is -0.480 e. The first-order valence-electron chi connectivity index (χ1n) is 4.74. The van der Waals surface area contributed by atoms with Crippen molar-refractivity contribution < 1.29 is 28.2 Å². The minimum atomic E-state index is -3.23. The van der Waals surface area contributed by atoms with Gasteiger partial charge in [0.1, 0.15) is 15.9 Å². The number of hydrogen-bond donors (Lipinski definition) is 4. The molecule has 2 unspecified atom stereocenters. The van der Waals surface area contributed by atoms with Gasteiger partial charge in [-0.25, -0.2) is 13.2 Å². The number of aliphatic hydroxyl groups is 1. The number of carboxylic acid groups (broad SMARTS) is 1. The normalized spacial score (nSPS) is 15.0. The van der Waals surface area contributed by atoms with Crippen molar-refractivity contribution in [3.05, 3.63) is 0 Å². The molecule has 0 aliphatic carbocycles. The standard InChI is InChI=1S/C8H16N2O6S/c1-17(15,16)3-2-5(9)7(12)10-6(4-11)8(13)14/h5-6,11H,2-4,9H2,1H3,(H,10,12)(H,13,14). The van der Waals surface area contributed by atoms with Crippen molar-refractivity contribution in [1.29, 1.82) is 0 Å². The van der Waals surface area contributed by atoms with Crippen molar-refractivity contribution in [2.45, 2.75) is 18.5 Å². The van der Waals surface area contributed by atoms with E-state index in [1.807, 2.05) is 5.32 Å². The van der Waals surface area contributed by atoms with Crippen LogP contribution >= 0.6 is 0 Å². The van der Waals surface area contributed by atoms with Crippen molar-refractivity contribution >= 4 is 21.7 Å². The van der Waals surface area contributed by atoms with Gasteiger partial charge < -0.3 is 21.3 Å². The van der Waals surface area contributed by atoms with Crippen molar-refractivity contribution in [3.63, 3.8) is 0 Å². The second kappa shape index (κ2) is 6.52. The van der Waals surface area contributed by atoms with Crippen LogP contribution in [0.4, 0.5) is 0 Å². The molecule has 0 fully saturated rings. The summed E-state index contributed by atoms with van der Waals surface area (Å²) in [5.41, 5.74) is 5.38. The largest absolute Gasteiger partial charge is 0.480 e. The maximum atomic E-state index is 11.3. The summed E-state index contributed by atoms with van der Waals surface area (Å²) >= 11 is 0. The van der Waals surface area contributed by atoms with E-state index in [2.05, 4.69) is 0 Å². The minimum absolute atomic E-state index is 0.109. The lowest BCUT2D eigenvalue weighted by Crippen LogP contribution is -2.50. The maximum absolute atomic E-state index is 11.3. The lowest BCUT2D eigenvalue weighted by molar-refractivity contribution is -0.143. The summed E-state index contributed by atoms with van der Waals surface area (Å²) in [6.07, 6.45) is 0.897. The van der Waals surface area contributed by atoms with E-state index in [1.165, 1.54) is 0 Å². The molecule has 17 heavy (non-hydrogen) atoms. The number of rotatable bonds is 7. The summed E-state index contributed by atoms with van der Waals surface area (Å²) in [7, 11) is -3.23. The van der Waals surface area contributed by atoms with Gasteiger partial charge in [-0.2, -0.15) is 0 Å². The molecule has 0 spiro atoms. The van der Waals surface area contributed by atoms with Gasteiger partial charge >= 0.3 is 5.97 Å². The van der Waals surface area contributed by atoms with Crippen molar-refractivity contribution in [2.24, 2.45) is 5.73 Å². The number of nitrogens with two attached hydrogens (primary N) is 1. The van der Waals surface area contributed by atoms with E-state index in [0.29, 0.717) is 0 Å². The number of hydrogen-bond acceptors (Lipinski definition) is 6. The Morgan fingerprint density at radius 3 is 2.29 bits per heavy atom. The Labute approximate surface area is 98.7 Å². The SMILES string of the molecule is CS(=O)(=O)CCC(N)C(=O)NC(CO)C(=O)O. The summed E-state index contributed by atoms with van der Waals surface area (Å²) in [5, 5.41) is 19.2. The second-order valence-electron chi connectivity index (χ2n) is 3.61. The fourth-order valence-corrected chi connectivity index (χ4v) is 1.62. The lowest BCUT2D eigenvalue weighted by Gasteiger charge is -2.15. The van der Waals surface area contributed by atoms with Gasteiger partial charge in [-0.15, -0.1) is 0 Å². The third-order valence-electron chi connectivity index (χ3n) is 1.93. The molecule has 5 N–H and O–H groups in total. The zero-order valence-corrected chi connectivity index (χ0v) is 10.1. The van der Waals surface area contributed by atoms with Gasteiger partial charge in [0, 0.05) is 6.26 Å². The highest BCUT2D eigenvalue weighted by Crippen LogP contribution is 1.95. The summed E-state index contributed by atoms with van der Waals surface area (Å²) in [6, 6.07) is -2.56. The van der Waals surface area contributed by atoms with Gasteiger partial charge in [-0.05, 0) is 6.42 Å². The Balaban J connectivity index is 4.27. The monoisotopic (exact) mass is 268 g/mol. The van der Waals surface area contributed by atoms with Crippen LogP contribution in [0.2, 0.25) is 0 Å². The molecular weight excluding hydrogens is 252 g/mol. The zero-order valence-electron chi connectivity index (χ0n) is 9.29. The highest BCUT2D eigenvalue weighted by Gasteiger charge is 2.23. The highest BCUT2D eigenvalue weighted by atomic mass is 32.2. The molecule has 0 radical (unpaired) electrons. The van der Waals surface area contributed by atoms with E-state index in [4.69, 9.17) is 15.9 Å². The number of carboxylic acids is 1. The molecule has 0 aliphatic heterocycles. The number of sulfone groups is 1. The smallest absolute Gasteiger partial charge is 0.328 e. The summed E-state index contributed by atoms with van der Waals surface area (Å²) in [6.45, 7) is -0.764. The molecule has 0 aromatic carbocycles. The quantitative estimate of drug-likeness (QED) is 0.393. The molecular formula is C8H16N2O6S. The molecule has 1 amide bonds. The van der Waals surface area contributed by atoms with E-state index < -0.39 is 40.4 Å². The average Bonchev–Trinajstić information content (AvgIpc) is 2.20. The second-order valence-corrected chi connectivity index (χ2v) is 5.87. The Kier molecular flexibility index (Phi) is 6.07. The Bertz CT molecular complexity index is 379. The molecule has 0 bridgehead atoms. The molecule has 0 aromatic rings. The summed E-state index contributed by atoms with van der Waals surface area (Å²) in [4.78, 5) is 21.8. The molecule has 100 valence electrons. The van der Waals surface area contributed by atoms with Crippen LogP contribution in [0, 0.1) is 0 Å². The van der Waals surface area contributed by atoms with Crippen LogP contribution in [-0.2, 0) is 19.4 Å². The van der Waals surface area contributed by atoms with E-state index in [9.17, 15) is 18.0 Å². The molecule has 8 nitrogen and oxygen atoms in total. The topological polar surface area (TPSA) is 147 Å².